The lowest BCUT2D eigenvalue weighted by Crippen LogP contribution is -2.08. The number of anilines is 1. The number of nitrogens with one attached hydrogen (secondary N) is 1. The van der Waals surface area contributed by atoms with Crippen molar-refractivity contribution in [2.75, 3.05) is 5.43 Å². The summed E-state index contributed by atoms with van der Waals surface area (Å²) in [7, 11) is 0. The summed E-state index contributed by atoms with van der Waals surface area (Å²) < 4.78 is 5.20. The smallest absolute Gasteiger partial charge is 0.256 e. The van der Waals surface area contributed by atoms with Crippen molar-refractivity contribution in [2.24, 2.45) is 5.84 Å². The summed E-state index contributed by atoms with van der Waals surface area (Å²) in [5, 5.41) is 0.639. The molecule has 0 aliphatic carbocycles. The van der Waals surface area contributed by atoms with Crippen LogP contribution in [0.5, 0.6) is 0 Å². The van der Waals surface area contributed by atoms with E-state index in [-0.39, 0.29) is 0 Å². The van der Waals surface area contributed by atoms with Gasteiger partial charge in [-0.05, 0) is 6.92 Å². The maximum atomic E-state index is 5.20. The fourth-order valence-electron chi connectivity index (χ4n) is 1.04. The Balaban J connectivity index is 1.94. The third kappa shape index (κ3) is 2.71. The van der Waals surface area contributed by atoms with Crippen LogP contribution in [0.1, 0.15) is 11.4 Å². The second kappa shape index (κ2) is 4.95. The van der Waals surface area contributed by atoms with Crippen LogP contribution in [0.4, 0.5) is 5.82 Å². The molecule has 7 heteroatoms. The summed E-state index contributed by atoms with van der Waals surface area (Å²) in [6, 6.07) is 0. The Kier molecular flexibility index (Phi) is 3.37. The molecular weight excluding hydrogens is 226 g/mol. The number of nitrogens with zero attached hydrogens (tertiary/aromatic N) is 3. The first-order valence-electron chi connectivity index (χ1n) is 4.60. The highest BCUT2D eigenvalue weighted by Crippen LogP contribution is 2.20. The number of nitrogen functional groups attached to an aromatic ring is 1. The van der Waals surface area contributed by atoms with Crippen molar-refractivity contribution in [3.05, 3.63) is 30.0 Å². The molecular formula is C9H11N5OS. The van der Waals surface area contributed by atoms with Crippen molar-refractivity contribution in [3.63, 3.8) is 0 Å². The van der Waals surface area contributed by atoms with Crippen molar-refractivity contribution < 1.29 is 4.42 Å². The molecule has 84 valence electrons. The van der Waals surface area contributed by atoms with Gasteiger partial charge in [0.15, 0.2) is 5.82 Å². The maximum absolute atomic E-state index is 5.20. The van der Waals surface area contributed by atoms with Gasteiger partial charge in [-0.1, -0.05) is 11.8 Å². The van der Waals surface area contributed by atoms with Crippen molar-refractivity contribution in [1.29, 1.82) is 0 Å². The van der Waals surface area contributed by atoms with Crippen molar-refractivity contribution in [2.45, 2.75) is 17.9 Å². The predicted octanol–water partition coefficient (Wildman–Crippen LogP) is 1.35. The second-order valence-electron chi connectivity index (χ2n) is 3.08. The quantitative estimate of drug-likeness (QED) is 0.471. The molecule has 2 heterocycles. The van der Waals surface area contributed by atoms with Gasteiger partial charge in [-0.15, -0.1) is 0 Å². The summed E-state index contributed by atoms with van der Waals surface area (Å²) in [6.07, 6.45) is 4.87. The summed E-state index contributed by atoms with van der Waals surface area (Å²) in [4.78, 5) is 12.4. The number of rotatable bonds is 4. The van der Waals surface area contributed by atoms with Gasteiger partial charge >= 0.3 is 0 Å². The van der Waals surface area contributed by atoms with E-state index in [0.29, 0.717) is 16.8 Å². The number of nitrogens with two attached hydrogens (primary N) is 1. The molecule has 0 unspecified atom stereocenters. The fourth-order valence-corrected chi connectivity index (χ4v) is 1.78. The molecule has 0 saturated carbocycles. The van der Waals surface area contributed by atoms with E-state index < -0.39 is 0 Å². The molecule has 0 aromatic carbocycles. The summed E-state index contributed by atoms with van der Waals surface area (Å²) in [5.41, 5.74) is 4.14. The fraction of sp³-hybridized carbons (Fsp3) is 0.222. The molecule has 0 saturated heterocycles. The zero-order valence-corrected chi connectivity index (χ0v) is 9.49. The van der Waals surface area contributed by atoms with Gasteiger partial charge in [0.2, 0.25) is 0 Å². The molecule has 2 aromatic heterocycles. The standard InChI is InChI=1S/C9H11N5OS/c1-6-4-15-9(13-6)16-5-7-2-12-8(14-10)3-11-7/h2-4H,5,10H2,1H3,(H,12,14). The van der Waals surface area contributed by atoms with E-state index in [4.69, 9.17) is 10.3 Å². The van der Waals surface area contributed by atoms with Crippen LogP contribution < -0.4 is 11.3 Å². The molecule has 0 atom stereocenters. The zero-order valence-electron chi connectivity index (χ0n) is 8.67. The number of hydrogen-bond donors (Lipinski definition) is 2. The van der Waals surface area contributed by atoms with E-state index in [1.807, 2.05) is 6.92 Å². The van der Waals surface area contributed by atoms with Gasteiger partial charge in [-0.25, -0.2) is 15.8 Å². The van der Waals surface area contributed by atoms with Crippen molar-refractivity contribution in [3.8, 4) is 0 Å². The molecule has 2 aromatic rings. The number of aromatic nitrogens is 3. The van der Waals surface area contributed by atoms with Crippen LogP contribution in [-0.4, -0.2) is 15.0 Å². The molecule has 0 aliphatic heterocycles. The van der Waals surface area contributed by atoms with Crippen molar-refractivity contribution in [1.82, 2.24) is 15.0 Å². The zero-order chi connectivity index (χ0) is 11.4. The van der Waals surface area contributed by atoms with E-state index in [2.05, 4.69) is 20.4 Å². The Hall–Kier alpha value is -1.60. The lowest BCUT2D eigenvalue weighted by Gasteiger charge is -1.99. The predicted molar refractivity (Wildman–Crippen MR) is 60.6 cm³/mol. The van der Waals surface area contributed by atoms with Crippen LogP contribution >= 0.6 is 11.8 Å². The molecule has 0 radical (unpaired) electrons. The number of hydrazine groups is 1. The van der Waals surface area contributed by atoms with E-state index >= 15 is 0 Å². The summed E-state index contributed by atoms with van der Waals surface area (Å²) in [6.45, 7) is 1.88. The highest BCUT2D eigenvalue weighted by molar-refractivity contribution is 7.98. The maximum Gasteiger partial charge on any atom is 0.256 e. The van der Waals surface area contributed by atoms with Gasteiger partial charge in [0, 0.05) is 5.75 Å². The minimum atomic E-state index is 0.542. The minimum absolute atomic E-state index is 0.542. The van der Waals surface area contributed by atoms with Gasteiger partial charge < -0.3 is 9.84 Å². The van der Waals surface area contributed by atoms with Gasteiger partial charge in [0.25, 0.3) is 5.22 Å². The van der Waals surface area contributed by atoms with Crippen LogP contribution in [-0.2, 0) is 5.75 Å². The summed E-state index contributed by atoms with van der Waals surface area (Å²) >= 11 is 1.48. The molecule has 0 fully saturated rings. The van der Waals surface area contributed by atoms with Crippen LogP contribution in [0.2, 0.25) is 0 Å². The normalized spacial score (nSPS) is 10.4. The average Bonchev–Trinajstić information content (AvgIpc) is 2.73. The van der Waals surface area contributed by atoms with Gasteiger partial charge in [-0.2, -0.15) is 0 Å². The van der Waals surface area contributed by atoms with Gasteiger partial charge in [-0.3, -0.25) is 4.98 Å². The number of aryl methyl sites for hydroxylation is 1. The average molecular weight is 237 g/mol. The Labute approximate surface area is 96.7 Å². The SMILES string of the molecule is Cc1coc(SCc2cnc(NN)cn2)n1. The molecule has 16 heavy (non-hydrogen) atoms. The topological polar surface area (TPSA) is 89.9 Å². The molecule has 3 N–H and O–H groups in total. The van der Waals surface area contributed by atoms with Gasteiger partial charge in [0.1, 0.15) is 6.26 Å². The lowest BCUT2D eigenvalue weighted by molar-refractivity contribution is 0.454. The Morgan fingerprint density at radius 2 is 2.31 bits per heavy atom. The molecule has 0 bridgehead atoms. The van der Waals surface area contributed by atoms with Gasteiger partial charge in [0.05, 0.1) is 23.8 Å². The largest absolute Gasteiger partial charge is 0.440 e. The molecule has 0 amide bonds. The first-order valence-corrected chi connectivity index (χ1v) is 5.59. The number of hydrogen-bond acceptors (Lipinski definition) is 7. The summed E-state index contributed by atoms with van der Waals surface area (Å²) in [5.74, 6) is 6.39. The highest BCUT2D eigenvalue weighted by atomic mass is 32.2. The Morgan fingerprint density at radius 1 is 1.44 bits per heavy atom. The number of oxazole rings is 1. The van der Waals surface area contributed by atoms with E-state index in [1.165, 1.54) is 11.8 Å². The van der Waals surface area contributed by atoms with E-state index in [0.717, 1.165) is 11.4 Å². The molecule has 2 rings (SSSR count). The molecule has 0 spiro atoms. The van der Waals surface area contributed by atoms with Crippen LogP contribution in [0.25, 0.3) is 0 Å². The third-order valence-corrected chi connectivity index (χ3v) is 2.67. The van der Waals surface area contributed by atoms with Crippen LogP contribution in [0.15, 0.2) is 28.3 Å². The monoisotopic (exact) mass is 237 g/mol. The van der Waals surface area contributed by atoms with E-state index in [1.54, 1.807) is 18.7 Å². The van der Waals surface area contributed by atoms with E-state index in [9.17, 15) is 0 Å². The Bertz CT molecular complexity index is 455. The third-order valence-electron chi connectivity index (χ3n) is 1.79. The molecule has 0 aliphatic rings. The van der Waals surface area contributed by atoms with Crippen molar-refractivity contribution >= 4 is 17.6 Å². The molecule has 6 nitrogen and oxygen atoms in total. The number of thioether (sulfide) groups is 1. The minimum Gasteiger partial charge on any atom is -0.440 e. The van der Waals surface area contributed by atoms with Crippen LogP contribution in [0, 0.1) is 6.92 Å². The first-order chi connectivity index (χ1) is 7.78. The first kappa shape index (κ1) is 10.9. The Morgan fingerprint density at radius 3 is 2.88 bits per heavy atom. The second-order valence-corrected chi connectivity index (χ2v) is 4.01. The lowest BCUT2D eigenvalue weighted by atomic mass is 10.5. The highest BCUT2D eigenvalue weighted by Gasteiger charge is 2.03. The van der Waals surface area contributed by atoms with Crippen LogP contribution in [0.3, 0.4) is 0 Å².